The topological polar surface area (TPSA) is 32.3 Å². The highest BCUT2D eigenvalue weighted by atomic mass is 15.2. The van der Waals surface area contributed by atoms with Crippen molar-refractivity contribution in [3.05, 3.63) is 194 Å². The summed E-state index contributed by atoms with van der Waals surface area (Å²) in [5, 5.41) is 7.08. The first kappa shape index (κ1) is 30.3. The molecule has 1 heterocycles. The van der Waals surface area contributed by atoms with Crippen LogP contribution in [0.5, 0.6) is 0 Å². The minimum Gasteiger partial charge on any atom is -0.308 e. The Morgan fingerprint density at radius 2 is 0.685 bits per heavy atom. The van der Waals surface area contributed by atoms with E-state index in [-0.39, 0.29) is 0 Å². The summed E-state index contributed by atoms with van der Waals surface area (Å²) in [6, 6.07) is 68.9. The highest BCUT2D eigenvalue weighted by molar-refractivity contribution is 6.16. The molecule has 0 N–H and O–H groups in total. The van der Waals surface area contributed by atoms with Crippen LogP contribution in [0, 0.1) is 0 Å². The van der Waals surface area contributed by atoms with Gasteiger partial charge in [0.05, 0.1) is 34.1 Å². The Morgan fingerprint density at radius 3 is 1.17 bits per heavy atom. The van der Waals surface area contributed by atoms with Gasteiger partial charge in [-0.3, -0.25) is 0 Å². The smallest absolute Gasteiger partial charge is 0.116 e. The molecular weight excluding hydrogens is 657 g/mol. The Hall–Kier alpha value is -7.30. The quantitative estimate of drug-likeness (QED) is 0.174. The number of hydrogen-bond acceptors (Lipinski definition) is 4. The van der Waals surface area contributed by atoms with Crippen LogP contribution in [0.4, 0.5) is 34.1 Å². The molecule has 1 aliphatic rings. The predicted molar refractivity (Wildman–Crippen MR) is 226 cm³/mol. The van der Waals surface area contributed by atoms with E-state index in [0.717, 1.165) is 78.4 Å². The largest absolute Gasteiger partial charge is 0.308 e. The van der Waals surface area contributed by atoms with E-state index < -0.39 is 0 Å². The molecule has 0 unspecified atom stereocenters. The molecule has 4 heteroatoms. The van der Waals surface area contributed by atoms with Crippen molar-refractivity contribution in [1.29, 1.82) is 0 Å². The molecule has 4 nitrogen and oxygen atoms in total. The number of aromatic nitrogens is 2. The lowest BCUT2D eigenvalue weighted by atomic mass is 10.0. The van der Waals surface area contributed by atoms with E-state index in [0.29, 0.717) is 0 Å². The van der Waals surface area contributed by atoms with Crippen LogP contribution < -0.4 is 9.80 Å². The van der Waals surface area contributed by atoms with Crippen LogP contribution in [0.2, 0.25) is 0 Å². The Kier molecular flexibility index (Phi) is 6.82. The molecule has 0 saturated carbocycles. The number of benzene rings is 9. The van der Waals surface area contributed by atoms with Gasteiger partial charge in [-0.2, -0.15) is 0 Å². The first-order chi connectivity index (χ1) is 26.8. The molecule has 9 aromatic carbocycles. The van der Waals surface area contributed by atoms with Crippen LogP contribution in [0.25, 0.3) is 65.9 Å². The fourth-order valence-electron chi connectivity index (χ4n) is 8.36. The zero-order valence-electron chi connectivity index (χ0n) is 29.3. The summed E-state index contributed by atoms with van der Waals surface area (Å²) in [7, 11) is 0. The monoisotopic (exact) mass is 688 g/mol. The number of hydrogen-bond donors (Lipinski definition) is 0. The second kappa shape index (κ2) is 12.1. The van der Waals surface area contributed by atoms with Gasteiger partial charge in [-0.1, -0.05) is 146 Å². The number of fused-ring (bicyclic) bond motifs is 6. The molecule has 0 bridgehead atoms. The summed E-state index contributed by atoms with van der Waals surface area (Å²) in [6.45, 7) is 0. The molecular formula is C50H32N4. The maximum Gasteiger partial charge on any atom is 0.116 e. The Bertz CT molecular complexity index is 2850. The molecule has 0 saturated heterocycles. The molecule has 1 aromatic heterocycles. The summed E-state index contributed by atoms with van der Waals surface area (Å²) in [4.78, 5) is 16.1. The maximum absolute atomic E-state index is 5.71. The molecule has 0 amide bonds. The fraction of sp³-hybridized carbons (Fsp3) is 0. The van der Waals surface area contributed by atoms with Crippen molar-refractivity contribution in [2.45, 2.75) is 0 Å². The van der Waals surface area contributed by atoms with E-state index in [9.17, 15) is 0 Å². The van der Waals surface area contributed by atoms with E-state index in [2.05, 4.69) is 204 Å². The third-order valence-electron chi connectivity index (χ3n) is 10.7. The van der Waals surface area contributed by atoms with E-state index in [1.54, 1.807) is 0 Å². The molecule has 0 spiro atoms. The van der Waals surface area contributed by atoms with E-state index in [4.69, 9.17) is 9.97 Å². The maximum atomic E-state index is 5.71. The van der Waals surface area contributed by atoms with Crippen molar-refractivity contribution in [2.75, 3.05) is 9.80 Å². The zero-order chi connectivity index (χ0) is 35.6. The number of nitrogens with zero attached hydrogens (tertiary/aromatic N) is 4. The Morgan fingerprint density at radius 1 is 0.296 bits per heavy atom. The van der Waals surface area contributed by atoms with Crippen molar-refractivity contribution in [1.82, 2.24) is 9.97 Å². The van der Waals surface area contributed by atoms with Gasteiger partial charge in [0, 0.05) is 38.7 Å². The van der Waals surface area contributed by atoms with Gasteiger partial charge in [-0.15, -0.1) is 0 Å². The number of anilines is 6. The minimum absolute atomic E-state index is 0.828. The normalized spacial score (nSPS) is 11.7. The van der Waals surface area contributed by atoms with Gasteiger partial charge >= 0.3 is 0 Å². The Balaban J connectivity index is 1.27. The van der Waals surface area contributed by atoms with Crippen LogP contribution in [0.1, 0.15) is 0 Å². The summed E-state index contributed by atoms with van der Waals surface area (Å²) in [6.07, 6.45) is 0. The van der Waals surface area contributed by atoms with Gasteiger partial charge in [0.1, 0.15) is 11.0 Å². The van der Waals surface area contributed by atoms with Crippen LogP contribution in [-0.4, -0.2) is 9.97 Å². The lowest BCUT2D eigenvalue weighted by molar-refractivity contribution is 1.24. The zero-order valence-corrected chi connectivity index (χ0v) is 29.3. The molecule has 252 valence electrons. The van der Waals surface area contributed by atoms with E-state index in [1.165, 1.54) is 21.5 Å². The van der Waals surface area contributed by atoms with Crippen LogP contribution in [0.15, 0.2) is 194 Å². The number of rotatable bonds is 6. The molecule has 0 aliphatic heterocycles. The second-order valence-corrected chi connectivity index (χ2v) is 13.8. The summed E-state index contributed by atoms with van der Waals surface area (Å²) in [5.74, 6) is 0. The fourth-order valence-corrected chi connectivity index (χ4v) is 8.36. The van der Waals surface area contributed by atoms with Crippen LogP contribution >= 0.6 is 0 Å². The van der Waals surface area contributed by atoms with E-state index >= 15 is 0 Å². The molecule has 0 atom stereocenters. The van der Waals surface area contributed by atoms with Gasteiger partial charge in [0.2, 0.25) is 0 Å². The van der Waals surface area contributed by atoms with Gasteiger partial charge in [0.25, 0.3) is 0 Å². The average molecular weight is 689 g/mol. The van der Waals surface area contributed by atoms with Gasteiger partial charge in [0.15, 0.2) is 0 Å². The highest BCUT2D eigenvalue weighted by Crippen LogP contribution is 2.51. The first-order valence-corrected chi connectivity index (χ1v) is 18.3. The van der Waals surface area contributed by atoms with E-state index in [1.807, 2.05) is 0 Å². The first-order valence-electron chi connectivity index (χ1n) is 18.3. The van der Waals surface area contributed by atoms with Crippen molar-refractivity contribution in [3.8, 4) is 22.5 Å². The van der Waals surface area contributed by atoms with Crippen molar-refractivity contribution >= 4 is 77.5 Å². The standard InChI is InChI=1S/C50H32N4/c1-3-21-36(22-4-1)53(42-29-13-17-33-15-7-9-25-38(33)42)44-31-32-45(54(37-23-5-2-6-24-37)43-30-14-18-34-16-8-10-26-39(34)43)50-49(44)51-47-40-27-11-19-35-20-12-28-41(46(35)40)48(47)52-50/h1-32H. The molecule has 11 rings (SSSR count). The van der Waals surface area contributed by atoms with Gasteiger partial charge < -0.3 is 9.80 Å². The van der Waals surface area contributed by atoms with Crippen molar-refractivity contribution in [2.24, 2.45) is 0 Å². The molecule has 1 aliphatic carbocycles. The average Bonchev–Trinajstić information content (AvgIpc) is 3.55. The van der Waals surface area contributed by atoms with Crippen LogP contribution in [-0.2, 0) is 0 Å². The second-order valence-electron chi connectivity index (χ2n) is 13.8. The third-order valence-corrected chi connectivity index (χ3v) is 10.7. The third kappa shape index (κ3) is 4.64. The molecule has 54 heavy (non-hydrogen) atoms. The minimum atomic E-state index is 0.828. The Labute approximate surface area is 312 Å². The lowest BCUT2D eigenvalue weighted by Gasteiger charge is -2.31. The van der Waals surface area contributed by atoms with Crippen molar-refractivity contribution in [3.63, 3.8) is 0 Å². The number of para-hydroxylation sites is 2. The van der Waals surface area contributed by atoms with Crippen LogP contribution in [0.3, 0.4) is 0 Å². The summed E-state index contributed by atoms with van der Waals surface area (Å²) in [5.41, 5.74) is 11.9. The summed E-state index contributed by atoms with van der Waals surface area (Å²) >= 11 is 0. The highest BCUT2D eigenvalue weighted by Gasteiger charge is 2.29. The van der Waals surface area contributed by atoms with Gasteiger partial charge in [-0.25, -0.2) is 9.97 Å². The van der Waals surface area contributed by atoms with Crippen molar-refractivity contribution < 1.29 is 0 Å². The molecule has 0 radical (unpaired) electrons. The predicted octanol–water partition coefficient (Wildman–Crippen LogP) is 13.7. The SMILES string of the molecule is c1ccc(N(c2cccc3ccccc23)c2ccc(N(c3ccccc3)c3cccc4ccccc34)c3nc4c(nc23)-c2cccc3cccc-4c23)cc1. The lowest BCUT2D eigenvalue weighted by Crippen LogP contribution is -2.15. The molecule has 10 aromatic rings. The molecule has 0 fully saturated rings. The summed E-state index contributed by atoms with van der Waals surface area (Å²) < 4.78 is 0. The van der Waals surface area contributed by atoms with Gasteiger partial charge in [-0.05, 0) is 64.7 Å².